The number of aliphatic hydroxyl groups is 1. The van der Waals surface area contributed by atoms with Crippen LogP contribution < -0.4 is 5.32 Å². The van der Waals surface area contributed by atoms with Crippen LogP contribution in [-0.4, -0.2) is 17.3 Å². The van der Waals surface area contributed by atoms with Crippen LogP contribution in [0.25, 0.3) is 0 Å². The van der Waals surface area contributed by atoms with E-state index in [0.717, 1.165) is 30.3 Å². The molecule has 0 saturated heterocycles. The Morgan fingerprint density at radius 2 is 2.12 bits per heavy atom. The van der Waals surface area contributed by atoms with Gasteiger partial charge in [0.05, 0.1) is 6.10 Å². The van der Waals surface area contributed by atoms with Crippen molar-refractivity contribution in [1.82, 2.24) is 5.32 Å². The van der Waals surface area contributed by atoms with E-state index in [1.165, 1.54) is 17.5 Å². The van der Waals surface area contributed by atoms with Gasteiger partial charge in [0.2, 0.25) is 0 Å². The van der Waals surface area contributed by atoms with E-state index in [2.05, 4.69) is 46.4 Å². The van der Waals surface area contributed by atoms with E-state index in [9.17, 15) is 5.11 Å². The van der Waals surface area contributed by atoms with Crippen LogP contribution in [0.5, 0.6) is 0 Å². The van der Waals surface area contributed by atoms with Gasteiger partial charge in [0.1, 0.15) is 0 Å². The molecule has 0 radical (unpaired) electrons. The van der Waals surface area contributed by atoms with Crippen molar-refractivity contribution in [3.8, 4) is 0 Å². The predicted octanol–water partition coefficient (Wildman–Crippen LogP) is 3.15. The van der Waals surface area contributed by atoms with Gasteiger partial charge >= 0.3 is 0 Å². The minimum atomic E-state index is -0.173. The molecule has 2 rings (SSSR count). The highest BCUT2D eigenvalue weighted by Crippen LogP contribution is 2.21. The molecule has 1 aromatic carbocycles. The predicted molar refractivity (Wildman–Crippen MR) is 74.0 cm³/mol. The Balaban J connectivity index is 1.92. The van der Waals surface area contributed by atoms with Gasteiger partial charge in [-0.05, 0) is 37.0 Å². The summed E-state index contributed by atoms with van der Waals surface area (Å²) >= 11 is 3.58. The lowest BCUT2D eigenvalue weighted by atomic mass is 9.92. The summed E-state index contributed by atoms with van der Waals surface area (Å²) in [6.07, 6.45) is 4.24. The zero-order chi connectivity index (χ0) is 12.3. The number of nitrogens with one attached hydrogen (secondary N) is 1. The lowest BCUT2D eigenvalue weighted by Gasteiger charge is -2.28. The summed E-state index contributed by atoms with van der Waals surface area (Å²) in [5.74, 6) is 0. The molecular weight excluding hydrogens is 278 g/mol. The molecule has 0 amide bonds. The molecule has 17 heavy (non-hydrogen) atoms. The van der Waals surface area contributed by atoms with Gasteiger partial charge in [-0.15, -0.1) is 0 Å². The first-order chi connectivity index (χ1) is 8.16. The average Bonchev–Trinajstić information content (AvgIpc) is 2.30. The molecule has 0 spiro atoms. The van der Waals surface area contributed by atoms with E-state index in [1.807, 2.05) is 0 Å². The Morgan fingerprint density at radius 3 is 2.82 bits per heavy atom. The van der Waals surface area contributed by atoms with Crippen molar-refractivity contribution in [3.05, 3.63) is 33.8 Å². The first-order valence-corrected chi connectivity index (χ1v) is 7.12. The third-order valence-corrected chi connectivity index (χ3v) is 4.23. The zero-order valence-electron chi connectivity index (χ0n) is 10.2. The van der Waals surface area contributed by atoms with Crippen LogP contribution in [0.2, 0.25) is 0 Å². The molecule has 1 aliphatic carbocycles. The highest BCUT2D eigenvalue weighted by atomic mass is 79.9. The highest BCUT2D eigenvalue weighted by molar-refractivity contribution is 9.10. The molecule has 1 fully saturated rings. The van der Waals surface area contributed by atoms with Crippen molar-refractivity contribution in [2.75, 3.05) is 0 Å². The monoisotopic (exact) mass is 297 g/mol. The van der Waals surface area contributed by atoms with Crippen LogP contribution in [0.4, 0.5) is 0 Å². The Kier molecular flexibility index (Phi) is 4.60. The molecule has 0 aliphatic heterocycles. The summed E-state index contributed by atoms with van der Waals surface area (Å²) in [6, 6.07) is 6.66. The third kappa shape index (κ3) is 3.54. The van der Waals surface area contributed by atoms with Crippen molar-refractivity contribution >= 4 is 15.9 Å². The first-order valence-electron chi connectivity index (χ1n) is 6.33. The largest absolute Gasteiger partial charge is 0.392 e. The molecular formula is C14H20BrNO. The van der Waals surface area contributed by atoms with Gasteiger partial charge in [0, 0.05) is 17.1 Å². The summed E-state index contributed by atoms with van der Waals surface area (Å²) in [5.41, 5.74) is 2.52. The molecule has 3 heteroatoms. The van der Waals surface area contributed by atoms with Crippen LogP contribution in [0.15, 0.2) is 22.7 Å². The molecule has 1 aliphatic rings. The molecule has 0 heterocycles. The molecule has 0 bridgehead atoms. The number of aliphatic hydroxyl groups excluding tert-OH is 1. The first kappa shape index (κ1) is 13.1. The minimum absolute atomic E-state index is 0.173. The van der Waals surface area contributed by atoms with Gasteiger partial charge in [-0.2, -0.15) is 0 Å². The number of hydrogen-bond acceptors (Lipinski definition) is 2. The normalized spacial score (nSPS) is 24.9. The van der Waals surface area contributed by atoms with Gasteiger partial charge in [-0.25, -0.2) is 0 Å². The van der Waals surface area contributed by atoms with Gasteiger partial charge in [0.15, 0.2) is 0 Å². The van der Waals surface area contributed by atoms with Crippen molar-refractivity contribution in [1.29, 1.82) is 0 Å². The smallest absolute Gasteiger partial charge is 0.0693 e. The van der Waals surface area contributed by atoms with Crippen LogP contribution in [0.3, 0.4) is 0 Å². The van der Waals surface area contributed by atoms with E-state index in [-0.39, 0.29) is 12.1 Å². The molecule has 2 N–H and O–H groups in total. The maximum absolute atomic E-state index is 9.89. The number of aryl methyl sites for hydroxylation is 1. The van der Waals surface area contributed by atoms with Crippen molar-refractivity contribution in [3.63, 3.8) is 0 Å². The molecule has 1 saturated carbocycles. The summed E-state index contributed by atoms with van der Waals surface area (Å²) in [7, 11) is 0. The van der Waals surface area contributed by atoms with E-state index in [1.54, 1.807) is 0 Å². The molecule has 1 aromatic rings. The number of hydrogen-bond donors (Lipinski definition) is 2. The Hall–Kier alpha value is -0.380. The summed E-state index contributed by atoms with van der Waals surface area (Å²) in [6.45, 7) is 2.91. The quantitative estimate of drug-likeness (QED) is 0.898. The zero-order valence-corrected chi connectivity index (χ0v) is 11.8. The fourth-order valence-electron chi connectivity index (χ4n) is 2.39. The average molecular weight is 298 g/mol. The summed E-state index contributed by atoms with van der Waals surface area (Å²) < 4.78 is 1.15. The van der Waals surface area contributed by atoms with E-state index in [4.69, 9.17) is 0 Å². The Bertz CT molecular complexity index is 380. The topological polar surface area (TPSA) is 32.3 Å². The number of halogens is 1. The number of benzene rings is 1. The lowest BCUT2D eigenvalue weighted by molar-refractivity contribution is 0.0902. The van der Waals surface area contributed by atoms with Crippen molar-refractivity contribution in [2.45, 2.75) is 51.3 Å². The molecule has 2 unspecified atom stereocenters. The Labute approximate surface area is 112 Å². The van der Waals surface area contributed by atoms with Gasteiger partial charge in [-0.1, -0.05) is 40.9 Å². The van der Waals surface area contributed by atoms with E-state index < -0.39 is 0 Å². The van der Waals surface area contributed by atoms with Crippen LogP contribution >= 0.6 is 15.9 Å². The minimum Gasteiger partial charge on any atom is -0.392 e. The Morgan fingerprint density at radius 1 is 1.35 bits per heavy atom. The molecule has 94 valence electrons. The van der Waals surface area contributed by atoms with Crippen molar-refractivity contribution in [2.24, 2.45) is 0 Å². The molecule has 2 atom stereocenters. The van der Waals surface area contributed by atoms with Gasteiger partial charge < -0.3 is 10.4 Å². The van der Waals surface area contributed by atoms with E-state index >= 15 is 0 Å². The maximum atomic E-state index is 9.89. The van der Waals surface area contributed by atoms with Crippen molar-refractivity contribution < 1.29 is 5.11 Å². The summed E-state index contributed by atoms with van der Waals surface area (Å²) in [5, 5.41) is 13.4. The van der Waals surface area contributed by atoms with Crippen LogP contribution in [0.1, 0.15) is 36.8 Å². The van der Waals surface area contributed by atoms with Gasteiger partial charge in [-0.3, -0.25) is 0 Å². The fraction of sp³-hybridized carbons (Fsp3) is 0.571. The number of rotatable bonds is 3. The second-order valence-corrected chi connectivity index (χ2v) is 5.79. The second-order valence-electron chi connectivity index (χ2n) is 4.93. The van der Waals surface area contributed by atoms with E-state index in [0.29, 0.717) is 0 Å². The second kappa shape index (κ2) is 5.98. The standard InChI is InChI=1S/C14H20BrNO/c1-10-6-7-11(12(15)8-10)9-16-13-4-2-3-5-14(13)17/h6-8,13-14,16-17H,2-5,9H2,1H3. The fourth-order valence-corrected chi connectivity index (χ4v) is 3.02. The highest BCUT2D eigenvalue weighted by Gasteiger charge is 2.22. The van der Waals surface area contributed by atoms with Gasteiger partial charge in [0.25, 0.3) is 0 Å². The third-order valence-electron chi connectivity index (χ3n) is 3.49. The molecule has 0 aromatic heterocycles. The SMILES string of the molecule is Cc1ccc(CNC2CCCCC2O)c(Br)c1. The molecule has 2 nitrogen and oxygen atoms in total. The van der Waals surface area contributed by atoms with Crippen LogP contribution in [-0.2, 0) is 6.54 Å². The lowest BCUT2D eigenvalue weighted by Crippen LogP contribution is -2.41. The van der Waals surface area contributed by atoms with Crippen LogP contribution in [0, 0.1) is 6.92 Å². The summed E-state index contributed by atoms with van der Waals surface area (Å²) in [4.78, 5) is 0. The maximum Gasteiger partial charge on any atom is 0.0693 e.